The Kier molecular flexibility index (Phi) is 2.75. The molecule has 0 unspecified atom stereocenters. The molecule has 8 heteroatoms. The summed E-state index contributed by atoms with van der Waals surface area (Å²) in [5.41, 5.74) is -1.78. The van der Waals surface area contributed by atoms with Crippen LogP contribution in [0.5, 0.6) is 0 Å². The molecule has 0 aliphatic rings. The zero-order valence-electron chi connectivity index (χ0n) is 6.88. The van der Waals surface area contributed by atoms with Crippen molar-refractivity contribution in [2.24, 2.45) is 0 Å². The Morgan fingerprint density at radius 1 is 1.20 bits per heavy atom. The van der Waals surface area contributed by atoms with Gasteiger partial charge in [-0.2, -0.15) is 13.2 Å². The third-order valence-corrected chi connectivity index (χ3v) is 2.36. The van der Waals surface area contributed by atoms with Crippen LogP contribution in [0.1, 0.15) is 5.56 Å². The Labute approximate surface area is 82.1 Å². The second-order valence-electron chi connectivity index (χ2n) is 2.59. The van der Waals surface area contributed by atoms with Crippen molar-refractivity contribution < 1.29 is 30.5 Å². The number of alkyl halides is 3. The van der Waals surface area contributed by atoms with Crippen LogP contribution in [0.3, 0.4) is 0 Å². The maximum Gasteiger partial charge on any atom is 0.419 e. The highest BCUT2D eigenvalue weighted by atomic mass is 32.2. The first-order chi connectivity index (χ1) is 6.62. The predicted octanol–water partition coefficient (Wildman–Crippen LogP) is 1.75. The van der Waals surface area contributed by atoms with E-state index in [1.165, 1.54) is 0 Å². The summed E-state index contributed by atoms with van der Waals surface area (Å²) in [7, 11) is -5.02. The lowest BCUT2D eigenvalue weighted by atomic mass is 10.2. The van der Waals surface area contributed by atoms with E-state index < -0.39 is 32.6 Å². The normalized spacial score (nSPS) is 12.9. The minimum absolute atomic E-state index is 0.0301. The van der Waals surface area contributed by atoms with Crippen LogP contribution < -0.4 is 0 Å². The molecule has 0 amide bonds. The molecule has 15 heavy (non-hydrogen) atoms. The van der Waals surface area contributed by atoms with Gasteiger partial charge < -0.3 is 4.55 Å². The van der Waals surface area contributed by atoms with Crippen LogP contribution >= 0.6 is 0 Å². The summed E-state index contributed by atoms with van der Waals surface area (Å²) in [6.45, 7) is 0. The molecule has 0 heterocycles. The van der Waals surface area contributed by atoms with Crippen LogP contribution in [0, 0.1) is 5.82 Å². The Bertz CT molecular complexity index is 477. The van der Waals surface area contributed by atoms with Gasteiger partial charge in [-0.3, -0.25) is 0 Å². The molecule has 0 saturated carbocycles. The first kappa shape index (κ1) is 11.9. The highest BCUT2D eigenvalue weighted by Crippen LogP contribution is 2.32. The molecule has 1 aromatic rings. The molecule has 0 N–H and O–H groups in total. The quantitative estimate of drug-likeness (QED) is 0.557. The maximum atomic E-state index is 12.6. The molecular formula is C7H3F4O3S-. The second kappa shape index (κ2) is 3.46. The smallest absolute Gasteiger partial charge is 0.419 e. The van der Waals surface area contributed by atoms with Gasteiger partial charge in [-0.25, -0.2) is 12.8 Å². The molecule has 84 valence electrons. The largest absolute Gasteiger partial charge is 0.744 e. The summed E-state index contributed by atoms with van der Waals surface area (Å²) in [6, 6.07) is 0.734. The summed E-state index contributed by atoms with van der Waals surface area (Å²) in [5, 5.41) is 0. The lowest BCUT2D eigenvalue weighted by Crippen LogP contribution is -2.10. The molecule has 0 aromatic heterocycles. The molecule has 0 bridgehead atoms. The van der Waals surface area contributed by atoms with E-state index in [-0.39, 0.29) is 12.1 Å². The number of benzene rings is 1. The van der Waals surface area contributed by atoms with Gasteiger partial charge in [-0.1, -0.05) is 0 Å². The zero-order chi connectivity index (χ0) is 11.9. The van der Waals surface area contributed by atoms with Crippen LogP contribution in [0.2, 0.25) is 0 Å². The van der Waals surface area contributed by atoms with Crippen molar-refractivity contribution in [3.05, 3.63) is 29.6 Å². The van der Waals surface area contributed by atoms with E-state index in [1.807, 2.05) is 0 Å². The Balaban J connectivity index is 3.43. The minimum atomic E-state index is -5.04. The summed E-state index contributed by atoms with van der Waals surface area (Å²) < 4.78 is 80.0. The van der Waals surface area contributed by atoms with Crippen molar-refractivity contribution in [3.63, 3.8) is 0 Å². The van der Waals surface area contributed by atoms with E-state index in [4.69, 9.17) is 0 Å². The molecule has 1 rings (SSSR count). The summed E-state index contributed by atoms with van der Waals surface area (Å²) in [4.78, 5) is -1.11. The molecule has 1 aromatic carbocycles. The van der Waals surface area contributed by atoms with Gasteiger partial charge in [0.1, 0.15) is 15.9 Å². The van der Waals surface area contributed by atoms with Crippen LogP contribution in [-0.2, 0) is 16.3 Å². The first-order valence-electron chi connectivity index (χ1n) is 3.45. The monoisotopic (exact) mass is 243 g/mol. The molecule has 0 radical (unpaired) electrons. The van der Waals surface area contributed by atoms with E-state index in [9.17, 15) is 30.5 Å². The van der Waals surface area contributed by atoms with Gasteiger partial charge in [0.05, 0.1) is 10.5 Å². The molecule has 0 spiro atoms. The van der Waals surface area contributed by atoms with Crippen molar-refractivity contribution in [1.82, 2.24) is 0 Å². The van der Waals surface area contributed by atoms with Crippen LogP contribution in [0.15, 0.2) is 23.1 Å². The van der Waals surface area contributed by atoms with Crippen molar-refractivity contribution in [1.29, 1.82) is 0 Å². The molecule has 0 atom stereocenters. The minimum Gasteiger partial charge on any atom is -0.744 e. The standard InChI is InChI=1S/C7H4F4O3S/c8-6-2-1-4(15(12,13)14)3-5(6)7(9,10)11/h1-3H,(H,12,13,14)/p-1. The van der Waals surface area contributed by atoms with Gasteiger partial charge in [0.15, 0.2) is 0 Å². The van der Waals surface area contributed by atoms with Gasteiger partial charge in [0.2, 0.25) is 0 Å². The van der Waals surface area contributed by atoms with Gasteiger partial charge in [0.25, 0.3) is 0 Å². The Hall–Kier alpha value is -1.15. The highest BCUT2D eigenvalue weighted by molar-refractivity contribution is 7.85. The Morgan fingerprint density at radius 3 is 2.13 bits per heavy atom. The van der Waals surface area contributed by atoms with Crippen molar-refractivity contribution in [2.45, 2.75) is 11.1 Å². The topological polar surface area (TPSA) is 57.2 Å². The van der Waals surface area contributed by atoms with Crippen LogP contribution in [-0.4, -0.2) is 13.0 Å². The SMILES string of the molecule is O=S(=O)([O-])c1ccc(F)c(C(F)(F)F)c1. The summed E-state index contributed by atoms with van der Waals surface area (Å²) >= 11 is 0. The predicted molar refractivity (Wildman–Crippen MR) is 39.4 cm³/mol. The molecule has 0 saturated heterocycles. The molecule has 3 nitrogen and oxygen atoms in total. The van der Waals surface area contributed by atoms with Crippen LogP contribution in [0.25, 0.3) is 0 Å². The van der Waals surface area contributed by atoms with Crippen molar-refractivity contribution >= 4 is 10.1 Å². The summed E-state index contributed by atoms with van der Waals surface area (Å²) in [5.74, 6) is -1.63. The number of halogens is 4. The van der Waals surface area contributed by atoms with E-state index in [0.29, 0.717) is 6.07 Å². The van der Waals surface area contributed by atoms with Crippen molar-refractivity contribution in [2.75, 3.05) is 0 Å². The number of hydrogen-bond acceptors (Lipinski definition) is 3. The molecular weight excluding hydrogens is 240 g/mol. The maximum absolute atomic E-state index is 12.6. The van der Waals surface area contributed by atoms with E-state index >= 15 is 0 Å². The third kappa shape index (κ3) is 2.66. The van der Waals surface area contributed by atoms with E-state index in [0.717, 1.165) is 0 Å². The lowest BCUT2D eigenvalue weighted by Gasteiger charge is -2.11. The lowest BCUT2D eigenvalue weighted by molar-refractivity contribution is -0.140. The molecule has 0 aliphatic heterocycles. The average Bonchev–Trinajstić information content (AvgIpc) is 2.00. The highest BCUT2D eigenvalue weighted by Gasteiger charge is 2.34. The average molecular weight is 243 g/mol. The fourth-order valence-corrected chi connectivity index (χ4v) is 1.37. The number of rotatable bonds is 1. The second-order valence-corrected chi connectivity index (χ2v) is 3.97. The fourth-order valence-electron chi connectivity index (χ4n) is 0.877. The van der Waals surface area contributed by atoms with Gasteiger partial charge in [-0.05, 0) is 18.2 Å². The molecule has 0 aliphatic carbocycles. The fraction of sp³-hybridized carbons (Fsp3) is 0.143. The zero-order valence-corrected chi connectivity index (χ0v) is 7.69. The van der Waals surface area contributed by atoms with Gasteiger partial charge >= 0.3 is 6.18 Å². The summed E-state index contributed by atoms with van der Waals surface area (Å²) in [6.07, 6.45) is -5.04. The number of hydrogen-bond donors (Lipinski definition) is 0. The molecule has 0 fully saturated rings. The first-order valence-corrected chi connectivity index (χ1v) is 4.86. The Morgan fingerprint density at radius 2 is 1.73 bits per heavy atom. The van der Waals surface area contributed by atoms with E-state index in [2.05, 4.69) is 0 Å². The van der Waals surface area contributed by atoms with Crippen LogP contribution in [0.4, 0.5) is 17.6 Å². The van der Waals surface area contributed by atoms with Crippen molar-refractivity contribution in [3.8, 4) is 0 Å². The third-order valence-electron chi connectivity index (χ3n) is 1.53. The van der Waals surface area contributed by atoms with E-state index in [1.54, 1.807) is 0 Å². The van der Waals surface area contributed by atoms with Gasteiger partial charge in [-0.15, -0.1) is 0 Å². The van der Waals surface area contributed by atoms with Gasteiger partial charge in [0, 0.05) is 0 Å².